The minimum atomic E-state index is 0.0537. The van der Waals surface area contributed by atoms with Crippen molar-refractivity contribution in [3.05, 3.63) is 23.8 Å². The average Bonchev–Trinajstić information content (AvgIpc) is 2.56. The number of thioether (sulfide) groups is 1. The first-order valence-electron chi connectivity index (χ1n) is 8.50. The standard InChI is InChI=1S/C18H27N3OS/c1-13-15(7-4-8-17(13)23-3)19-18(22)21-11-9-16-14(12-21)6-5-10-20(16)2/h4,7-8,14,16H,5-6,9-12H2,1-3H3,(H,19,22)/t14-,16+/m0/s1. The average molecular weight is 334 g/mol. The van der Waals surface area contributed by atoms with E-state index in [-0.39, 0.29) is 6.03 Å². The van der Waals surface area contributed by atoms with Crippen molar-refractivity contribution in [3.63, 3.8) is 0 Å². The molecule has 0 saturated carbocycles. The van der Waals surface area contributed by atoms with E-state index in [0.717, 1.165) is 30.8 Å². The van der Waals surface area contributed by atoms with E-state index in [0.29, 0.717) is 12.0 Å². The summed E-state index contributed by atoms with van der Waals surface area (Å²) in [4.78, 5) is 18.4. The van der Waals surface area contributed by atoms with Gasteiger partial charge >= 0.3 is 6.03 Å². The van der Waals surface area contributed by atoms with Gasteiger partial charge in [0.2, 0.25) is 0 Å². The van der Waals surface area contributed by atoms with Gasteiger partial charge in [-0.15, -0.1) is 11.8 Å². The largest absolute Gasteiger partial charge is 0.324 e. The van der Waals surface area contributed by atoms with E-state index in [1.165, 1.54) is 24.3 Å². The Morgan fingerprint density at radius 1 is 1.30 bits per heavy atom. The number of rotatable bonds is 2. The first-order valence-corrected chi connectivity index (χ1v) is 9.72. The summed E-state index contributed by atoms with van der Waals surface area (Å²) in [6.45, 7) is 5.03. The minimum absolute atomic E-state index is 0.0537. The maximum Gasteiger partial charge on any atom is 0.321 e. The molecule has 126 valence electrons. The van der Waals surface area contributed by atoms with Gasteiger partial charge in [-0.25, -0.2) is 4.79 Å². The summed E-state index contributed by atoms with van der Waals surface area (Å²) in [5.41, 5.74) is 2.09. The highest BCUT2D eigenvalue weighted by Gasteiger charge is 2.35. The number of fused-ring (bicyclic) bond motifs is 1. The third kappa shape index (κ3) is 3.50. The summed E-state index contributed by atoms with van der Waals surface area (Å²) < 4.78 is 0. The van der Waals surface area contributed by atoms with Crippen LogP contribution >= 0.6 is 11.8 Å². The third-order valence-corrected chi connectivity index (χ3v) is 6.26. The molecule has 0 bridgehead atoms. The number of nitrogens with one attached hydrogen (secondary N) is 1. The molecule has 2 saturated heterocycles. The molecular formula is C18H27N3OS. The van der Waals surface area contributed by atoms with Crippen molar-refractivity contribution in [1.29, 1.82) is 0 Å². The Bertz CT molecular complexity index is 577. The van der Waals surface area contributed by atoms with Gasteiger partial charge in [-0.05, 0) is 69.6 Å². The highest BCUT2D eigenvalue weighted by molar-refractivity contribution is 7.98. The van der Waals surface area contributed by atoms with Gasteiger partial charge in [0.25, 0.3) is 0 Å². The summed E-state index contributed by atoms with van der Waals surface area (Å²) in [7, 11) is 2.23. The van der Waals surface area contributed by atoms with Crippen molar-refractivity contribution in [2.45, 2.75) is 37.1 Å². The molecule has 1 aromatic rings. The quantitative estimate of drug-likeness (QED) is 0.839. The number of amides is 2. The molecule has 1 aromatic carbocycles. The summed E-state index contributed by atoms with van der Waals surface area (Å²) in [5, 5.41) is 3.12. The fourth-order valence-electron chi connectivity index (χ4n) is 4.00. The topological polar surface area (TPSA) is 35.6 Å². The molecule has 0 aliphatic carbocycles. The van der Waals surface area contributed by atoms with Gasteiger partial charge in [0, 0.05) is 29.7 Å². The van der Waals surface area contributed by atoms with Crippen molar-refractivity contribution in [1.82, 2.24) is 9.80 Å². The second-order valence-corrected chi connectivity index (χ2v) is 7.60. The van der Waals surface area contributed by atoms with E-state index in [1.54, 1.807) is 11.8 Å². The van der Waals surface area contributed by atoms with Gasteiger partial charge in [-0.3, -0.25) is 0 Å². The maximum absolute atomic E-state index is 12.7. The van der Waals surface area contributed by atoms with Gasteiger partial charge in [0.1, 0.15) is 0 Å². The zero-order valence-corrected chi connectivity index (χ0v) is 15.2. The lowest BCUT2D eigenvalue weighted by Crippen LogP contribution is -2.54. The molecule has 1 N–H and O–H groups in total. The number of carbonyl (C=O) groups excluding carboxylic acids is 1. The Labute approximate surface area is 143 Å². The van der Waals surface area contributed by atoms with Crippen LogP contribution in [-0.2, 0) is 0 Å². The highest BCUT2D eigenvalue weighted by atomic mass is 32.2. The Balaban J connectivity index is 1.65. The van der Waals surface area contributed by atoms with E-state index >= 15 is 0 Å². The van der Waals surface area contributed by atoms with Crippen LogP contribution in [0.1, 0.15) is 24.8 Å². The van der Waals surface area contributed by atoms with Crippen molar-refractivity contribution in [2.75, 3.05) is 38.3 Å². The number of anilines is 1. The van der Waals surface area contributed by atoms with Crippen LogP contribution in [0.3, 0.4) is 0 Å². The molecule has 4 nitrogen and oxygen atoms in total. The number of benzene rings is 1. The Kier molecular flexibility index (Phi) is 5.17. The number of likely N-dealkylation sites (tertiary alicyclic amines) is 2. The monoisotopic (exact) mass is 333 g/mol. The lowest BCUT2D eigenvalue weighted by molar-refractivity contribution is 0.0542. The second kappa shape index (κ2) is 7.14. The number of piperidine rings is 2. The number of nitrogens with zero attached hydrogens (tertiary/aromatic N) is 2. The van der Waals surface area contributed by atoms with Gasteiger partial charge in [0.15, 0.2) is 0 Å². The predicted octanol–water partition coefficient (Wildman–Crippen LogP) is 3.66. The molecule has 2 aliphatic heterocycles. The Morgan fingerprint density at radius 2 is 2.13 bits per heavy atom. The normalized spacial score (nSPS) is 25.1. The van der Waals surface area contributed by atoms with Gasteiger partial charge in [0.05, 0.1) is 0 Å². The van der Waals surface area contributed by atoms with Crippen molar-refractivity contribution < 1.29 is 4.79 Å². The summed E-state index contributed by atoms with van der Waals surface area (Å²) in [5.74, 6) is 0.631. The van der Waals surface area contributed by atoms with Crippen LogP contribution in [0.2, 0.25) is 0 Å². The zero-order chi connectivity index (χ0) is 16.4. The smallest absolute Gasteiger partial charge is 0.321 e. The van der Waals surface area contributed by atoms with Crippen LogP contribution in [0, 0.1) is 12.8 Å². The number of urea groups is 1. The molecule has 2 amide bonds. The van der Waals surface area contributed by atoms with Gasteiger partial charge in [-0.1, -0.05) is 6.07 Å². The molecule has 2 aliphatic rings. The summed E-state index contributed by atoms with van der Waals surface area (Å²) >= 11 is 1.72. The fourth-order valence-corrected chi connectivity index (χ4v) is 4.63. The molecule has 0 radical (unpaired) electrons. The van der Waals surface area contributed by atoms with E-state index in [2.05, 4.69) is 36.5 Å². The number of carbonyl (C=O) groups is 1. The van der Waals surface area contributed by atoms with Crippen molar-refractivity contribution in [3.8, 4) is 0 Å². The molecule has 23 heavy (non-hydrogen) atoms. The SMILES string of the molecule is CSc1cccc(NC(=O)N2CC[C@@H]3[C@@H](CCCN3C)C2)c1C. The minimum Gasteiger partial charge on any atom is -0.324 e. The molecule has 2 atom stereocenters. The summed E-state index contributed by atoms with van der Waals surface area (Å²) in [6.07, 6.45) is 5.67. The van der Waals surface area contributed by atoms with Crippen molar-refractivity contribution >= 4 is 23.5 Å². The molecule has 0 unspecified atom stereocenters. The molecule has 0 spiro atoms. The molecular weight excluding hydrogens is 306 g/mol. The maximum atomic E-state index is 12.7. The van der Waals surface area contributed by atoms with Crippen LogP contribution < -0.4 is 5.32 Å². The molecule has 0 aromatic heterocycles. The lowest BCUT2D eigenvalue weighted by Gasteiger charge is -2.45. The zero-order valence-electron chi connectivity index (χ0n) is 14.3. The molecule has 5 heteroatoms. The number of hydrogen-bond acceptors (Lipinski definition) is 3. The van der Waals surface area contributed by atoms with Crippen LogP contribution in [0.5, 0.6) is 0 Å². The fraction of sp³-hybridized carbons (Fsp3) is 0.611. The molecule has 2 heterocycles. The van der Waals surface area contributed by atoms with E-state index in [1.807, 2.05) is 17.0 Å². The third-order valence-electron chi connectivity index (χ3n) is 5.38. The number of hydrogen-bond donors (Lipinski definition) is 1. The van der Waals surface area contributed by atoms with Crippen LogP contribution in [-0.4, -0.2) is 54.8 Å². The second-order valence-electron chi connectivity index (χ2n) is 6.75. The van der Waals surface area contributed by atoms with E-state index in [4.69, 9.17) is 0 Å². The lowest BCUT2D eigenvalue weighted by atomic mass is 9.84. The van der Waals surface area contributed by atoms with Gasteiger partial charge < -0.3 is 15.1 Å². The van der Waals surface area contributed by atoms with E-state index in [9.17, 15) is 4.79 Å². The van der Waals surface area contributed by atoms with Crippen molar-refractivity contribution in [2.24, 2.45) is 5.92 Å². The first-order chi connectivity index (χ1) is 11.1. The highest BCUT2D eigenvalue weighted by Crippen LogP contribution is 2.30. The van der Waals surface area contributed by atoms with Crippen LogP contribution in [0.4, 0.5) is 10.5 Å². The van der Waals surface area contributed by atoms with Crippen LogP contribution in [0.25, 0.3) is 0 Å². The van der Waals surface area contributed by atoms with E-state index < -0.39 is 0 Å². The van der Waals surface area contributed by atoms with Gasteiger partial charge in [-0.2, -0.15) is 0 Å². The Morgan fingerprint density at radius 3 is 2.91 bits per heavy atom. The predicted molar refractivity (Wildman–Crippen MR) is 97.3 cm³/mol. The molecule has 2 fully saturated rings. The first kappa shape index (κ1) is 16.7. The Hall–Kier alpha value is -1.20. The molecule has 3 rings (SSSR count). The van der Waals surface area contributed by atoms with Crippen LogP contribution in [0.15, 0.2) is 23.1 Å². The summed E-state index contributed by atoms with van der Waals surface area (Å²) in [6, 6.07) is 6.82.